The summed E-state index contributed by atoms with van der Waals surface area (Å²) in [5, 5.41) is 12.5. The van der Waals surface area contributed by atoms with E-state index in [4.69, 9.17) is 4.74 Å². The van der Waals surface area contributed by atoms with Crippen LogP contribution in [0.2, 0.25) is 0 Å². The number of hydrogen-bond acceptors (Lipinski definition) is 8. The molecular formula is C20H25N7O2S. The van der Waals surface area contributed by atoms with E-state index in [2.05, 4.69) is 30.6 Å². The van der Waals surface area contributed by atoms with Crippen LogP contribution in [0.25, 0.3) is 10.6 Å². The number of rotatable bonds is 7. The van der Waals surface area contributed by atoms with Gasteiger partial charge in [0.2, 0.25) is 5.95 Å². The second-order valence-corrected chi connectivity index (χ2v) is 7.94. The van der Waals surface area contributed by atoms with Crippen LogP contribution in [0.1, 0.15) is 16.2 Å². The van der Waals surface area contributed by atoms with Crippen LogP contribution in [0.5, 0.6) is 0 Å². The van der Waals surface area contributed by atoms with E-state index >= 15 is 0 Å². The number of nitrogens with one attached hydrogen (secondary N) is 2. The molecule has 4 rings (SSSR count). The van der Waals surface area contributed by atoms with Gasteiger partial charge in [-0.1, -0.05) is 6.07 Å². The molecule has 9 nitrogen and oxygen atoms in total. The molecule has 1 saturated heterocycles. The molecule has 1 fully saturated rings. The third-order valence-corrected chi connectivity index (χ3v) is 5.65. The lowest BCUT2D eigenvalue weighted by Crippen LogP contribution is -2.37. The first kappa shape index (κ1) is 20.3. The maximum absolute atomic E-state index is 12.5. The summed E-state index contributed by atoms with van der Waals surface area (Å²) in [5.41, 5.74) is 2.23. The number of thiophene rings is 1. The zero-order valence-corrected chi connectivity index (χ0v) is 17.9. The van der Waals surface area contributed by atoms with Gasteiger partial charge in [-0.25, -0.2) is 4.98 Å². The standard InChI is InChI=1S/C20H25N7O2S/c1-14-12-18(27-7-9-29-10-8-27)24-20(23-14)22-6-5-21-19(28)16-13-15(25-26(16)2)17-4-3-11-30-17/h3-4,11-13H,5-10H2,1-2H3,(H,21,28)(H,22,23,24). The molecule has 1 aliphatic rings. The molecule has 0 saturated carbocycles. The molecular weight excluding hydrogens is 402 g/mol. The van der Waals surface area contributed by atoms with Crippen molar-refractivity contribution in [2.24, 2.45) is 7.05 Å². The summed E-state index contributed by atoms with van der Waals surface area (Å²) in [7, 11) is 1.78. The fraction of sp³-hybridized carbons (Fsp3) is 0.400. The zero-order valence-electron chi connectivity index (χ0n) is 17.1. The minimum Gasteiger partial charge on any atom is -0.378 e. The summed E-state index contributed by atoms with van der Waals surface area (Å²) in [6, 6.07) is 7.75. The van der Waals surface area contributed by atoms with E-state index in [-0.39, 0.29) is 5.91 Å². The van der Waals surface area contributed by atoms with Crippen LogP contribution < -0.4 is 15.5 Å². The van der Waals surface area contributed by atoms with Gasteiger partial charge in [0.1, 0.15) is 17.2 Å². The first-order valence-electron chi connectivity index (χ1n) is 9.88. The van der Waals surface area contributed by atoms with Crippen LogP contribution in [-0.2, 0) is 11.8 Å². The Morgan fingerprint density at radius 1 is 1.23 bits per heavy atom. The second kappa shape index (κ2) is 9.23. The molecule has 0 aromatic carbocycles. The highest BCUT2D eigenvalue weighted by Gasteiger charge is 2.15. The van der Waals surface area contributed by atoms with Gasteiger partial charge in [0.05, 0.1) is 18.1 Å². The number of carbonyl (C=O) groups is 1. The van der Waals surface area contributed by atoms with Gasteiger partial charge in [-0.2, -0.15) is 10.1 Å². The topological polar surface area (TPSA) is 97.2 Å². The Bertz CT molecular complexity index is 997. The number of nitrogens with zero attached hydrogens (tertiary/aromatic N) is 5. The largest absolute Gasteiger partial charge is 0.378 e. The molecule has 1 aliphatic heterocycles. The van der Waals surface area contributed by atoms with Crippen molar-refractivity contribution in [1.82, 2.24) is 25.1 Å². The van der Waals surface area contributed by atoms with Crippen molar-refractivity contribution in [1.29, 1.82) is 0 Å². The normalized spacial score (nSPS) is 14.0. The van der Waals surface area contributed by atoms with Gasteiger partial charge in [-0.05, 0) is 24.4 Å². The first-order valence-corrected chi connectivity index (χ1v) is 10.8. The molecule has 10 heteroatoms. The summed E-state index contributed by atoms with van der Waals surface area (Å²) in [6.45, 7) is 5.98. The number of morpholine rings is 1. The van der Waals surface area contributed by atoms with Crippen molar-refractivity contribution in [2.45, 2.75) is 6.92 Å². The van der Waals surface area contributed by atoms with Crippen LogP contribution in [0, 0.1) is 6.92 Å². The van der Waals surface area contributed by atoms with E-state index in [1.807, 2.05) is 36.6 Å². The molecule has 3 aromatic heterocycles. The third kappa shape index (κ3) is 4.77. The minimum absolute atomic E-state index is 0.159. The first-order chi connectivity index (χ1) is 14.6. The Hall–Kier alpha value is -2.98. The maximum atomic E-state index is 12.5. The van der Waals surface area contributed by atoms with Crippen molar-refractivity contribution in [3.8, 4) is 10.6 Å². The van der Waals surface area contributed by atoms with Gasteiger partial charge in [0.15, 0.2) is 0 Å². The van der Waals surface area contributed by atoms with Crippen molar-refractivity contribution in [3.05, 3.63) is 41.0 Å². The van der Waals surface area contributed by atoms with Crippen LogP contribution in [0.4, 0.5) is 11.8 Å². The zero-order chi connectivity index (χ0) is 20.9. The van der Waals surface area contributed by atoms with Gasteiger partial charge in [-0.15, -0.1) is 11.3 Å². The SMILES string of the molecule is Cc1cc(N2CCOCC2)nc(NCCNC(=O)c2cc(-c3cccs3)nn2C)n1. The van der Waals surface area contributed by atoms with Crippen molar-refractivity contribution in [2.75, 3.05) is 49.6 Å². The summed E-state index contributed by atoms with van der Waals surface area (Å²) < 4.78 is 7.01. The van der Waals surface area contributed by atoms with E-state index in [1.165, 1.54) is 0 Å². The molecule has 0 radical (unpaired) electrons. The van der Waals surface area contributed by atoms with Gasteiger partial charge in [0.25, 0.3) is 5.91 Å². The predicted octanol–water partition coefficient (Wildman–Crippen LogP) is 1.93. The molecule has 30 heavy (non-hydrogen) atoms. The summed E-state index contributed by atoms with van der Waals surface area (Å²) in [5.74, 6) is 1.30. The van der Waals surface area contributed by atoms with Crippen LogP contribution in [-0.4, -0.2) is 65.0 Å². The van der Waals surface area contributed by atoms with Crippen molar-refractivity contribution >= 4 is 29.0 Å². The highest BCUT2D eigenvalue weighted by atomic mass is 32.1. The third-order valence-electron chi connectivity index (χ3n) is 4.76. The number of hydrogen-bond donors (Lipinski definition) is 2. The number of anilines is 2. The monoisotopic (exact) mass is 427 g/mol. The van der Waals surface area contributed by atoms with Crippen LogP contribution >= 0.6 is 11.3 Å². The van der Waals surface area contributed by atoms with Gasteiger partial charge >= 0.3 is 0 Å². The van der Waals surface area contributed by atoms with E-state index in [0.717, 1.165) is 35.2 Å². The molecule has 4 heterocycles. The van der Waals surface area contributed by atoms with E-state index in [1.54, 1.807) is 23.1 Å². The Morgan fingerprint density at radius 3 is 2.83 bits per heavy atom. The van der Waals surface area contributed by atoms with Gasteiger partial charge in [-0.3, -0.25) is 9.48 Å². The highest BCUT2D eigenvalue weighted by Crippen LogP contribution is 2.23. The second-order valence-electron chi connectivity index (χ2n) is 6.99. The highest BCUT2D eigenvalue weighted by molar-refractivity contribution is 7.13. The fourth-order valence-corrected chi connectivity index (χ4v) is 3.93. The van der Waals surface area contributed by atoms with Crippen LogP contribution in [0.3, 0.4) is 0 Å². The molecule has 158 valence electrons. The molecule has 3 aromatic rings. The van der Waals surface area contributed by atoms with E-state index in [0.29, 0.717) is 37.9 Å². The van der Waals surface area contributed by atoms with Gasteiger partial charge < -0.3 is 20.3 Å². The average molecular weight is 428 g/mol. The molecule has 0 bridgehead atoms. The smallest absolute Gasteiger partial charge is 0.269 e. The molecule has 0 atom stereocenters. The number of aromatic nitrogens is 4. The fourth-order valence-electron chi connectivity index (χ4n) is 3.25. The Balaban J connectivity index is 1.31. The molecule has 2 N–H and O–H groups in total. The summed E-state index contributed by atoms with van der Waals surface area (Å²) in [6.07, 6.45) is 0. The number of carbonyl (C=O) groups excluding carboxylic acids is 1. The van der Waals surface area contributed by atoms with E-state index < -0.39 is 0 Å². The lowest BCUT2D eigenvalue weighted by Gasteiger charge is -2.28. The Labute approximate surface area is 179 Å². The quantitative estimate of drug-likeness (QED) is 0.556. The Kier molecular flexibility index (Phi) is 6.24. The lowest BCUT2D eigenvalue weighted by atomic mass is 10.3. The maximum Gasteiger partial charge on any atom is 0.269 e. The lowest BCUT2D eigenvalue weighted by molar-refractivity contribution is 0.0945. The van der Waals surface area contributed by atoms with Crippen LogP contribution in [0.15, 0.2) is 29.6 Å². The molecule has 0 spiro atoms. The van der Waals surface area contributed by atoms with E-state index in [9.17, 15) is 4.79 Å². The number of ether oxygens (including phenoxy) is 1. The number of amides is 1. The minimum atomic E-state index is -0.159. The average Bonchev–Trinajstić information content (AvgIpc) is 3.41. The molecule has 0 aliphatic carbocycles. The molecule has 1 amide bonds. The Morgan fingerprint density at radius 2 is 2.07 bits per heavy atom. The summed E-state index contributed by atoms with van der Waals surface area (Å²) >= 11 is 1.60. The van der Waals surface area contributed by atoms with Crippen molar-refractivity contribution in [3.63, 3.8) is 0 Å². The molecule has 0 unspecified atom stereocenters. The number of aryl methyl sites for hydroxylation is 2. The summed E-state index contributed by atoms with van der Waals surface area (Å²) in [4.78, 5) is 24.8. The predicted molar refractivity (Wildman–Crippen MR) is 117 cm³/mol. The van der Waals surface area contributed by atoms with Gasteiger partial charge in [0, 0.05) is 45.0 Å². The van der Waals surface area contributed by atoms with Crippen molar-refractivity contribution < 1.29 is 9.53 Å².